The number of para-hydroxylation sites is 1. The van der Waals surface area contributed by atoms with E-state index in [1.54, 1.807) is 31.6 Å². The summed E-state index contributed by atoms with van der Waals surface area (Å²) in [6.45, 7) is 2.61. The molecule has 0 fully saturated rings. The maximum Gasteiger partial charge on any atom is 0.338 e. The van der Waals surface area contributed by atoms with Crippen molar-refractivity contribution in [1.82, 2.24) is 9.55 Å². The Morgan fingerprint density at radius 3 is 2.60 bits per heavy atom. The van der Waals surface area contributed by atoms with E-state index in [0.29, 0.717) is 18.8 Å². The lowest BCUT2D eigenvalue weighted by Gasteiger charge is -2.14. The molecule has 1 heterocycles. The number of aromatic nitrogens is 2. The van der Waals surface area contributed by atoms with Gasteiger partial charge in [-0.15, -0.1) is 0 Å². The number of hydrogen-bond donors (Lipinski definition) is 0. The largest absolute Gasteiger partial charge is 0.488 e. The van der Waals surface area contributed by atoms with E-state index >= 15 is 0 Å². The molecule has 1 aromatic heterocycles. The first-order valence-electron chi connectivity index (χ1n) is 9.82. The summed E-state index contributed by atoms with van der Waals surface area (Å²) in [5.41, 5.74) is 4.23. The van der Waals surface area contributed by atoms with Gasteiger partial charge in [0, 0.05) is 11.3 Å². The molecular weight excluding hydrogens is 376 g/mol. The first kappa shape index (κ1) is 19.5. The van der Waals surface area contributed by atoms with Crippen molar-refractivity contribution in [2.45, 2.75) is 13.5 Å². The molecule has 0 amide bonds. The lowest BCUT2D eigenvalue weighted by Crippen LogP contribution is -2.06. The fourth-order valence-corrected chi connectivity index (χ4v) is 3.24. The molecule has 0 saturated heterocycles. The summed E-state index contributed by atoms with van der Waals surface area (Å²) in [6.07, 6.45) is 3.52. The molecule has 3 aromatic carbocycles. The van der Waals surface area contributed by atoms with E-state index in [1.165, 1.54) is 0 Å². The Bertz CT molecular complexity index is 1140. The lowest BCUT2D eigenvalue weighted by atomic mass is 10.1. The second-order valence-corrected chi connectivity index (χ2v) is 6.69. The quantitative estimate of drug-likeness (QED) is 0.397. The van der Waals surface area contributed by atoms with Gasteiger partial charge in [-0.05, 0) is 42.8 Å². The molecule has 0 atom stereocenters. The molecule has 4 aromatic rings. The van der Waals surface area contributed by atoms with Gasteiger partial charge >= 0.3 is 5.97 Å². The Labute approximate surface area is 175 Å². The third-order valence-electron chi connectivity index (χ3n) is 4.67. The van der Waals surface area contributed by atoms with Gasteiger partial charge in [-0.2, -0.15) is 0 Å². The zero-order chi connectivity index (χ0) is 20.8. The van der Waals surface area contributed by atoms with E-state index in [0.717, 1.165) is 28.3 Å². The lowest BCUT2D eigenvalue weighted by molar-refractivity contribution is 0.0526. The third-order valence-corrected chi connectivity index (χ3v) is 4.67. The average Bonchev–Trinajstić information content (AvgIpc) is 3.29. The SMILES string of the molecule is CCOC(=O)c1cccc(-n2cncc2-c2ccccc2OCc2ccccc2)c1. The van der Waals surface area contributed by atoms with Crippen molar-refractivity contribution < 1.29 is 14.3 Å². The maximum absolute atomic E-state index is 12.1. The molecule has 0 spiro atoms. The van der Waals surface area contributed by atoms with E-state index in [9.17, 15) is 4.79 Å². The van der Waals surface area contributed by atoms with Gasteiger partial charge in [0.1, 0.15) is 12.4 Å². The molecule has 0 aliphatic heterocycles. The van der Waals surface area contributed by atoms with Crippen LogP contribution in [0.3, 0.4) is 0 Å². The van der Waals surface area contributed by atoms with Crippen LogP contribution in [0.2, 0.25) is 0 Å². The van der Waals surface area contributed by atoms with E-state index in [-0.39, 0.29) is 5.97 Å². The summed E-state index contributed by atoms with van der Waals surface area (Å²) in [5, 5.41) is 0. The number of ether oxygens (including phenoxy) is 2. The summed E-state index contributed by atoms with van der Waals surface area (Å²) in [7, 11) is 0. The van der Waals surface area contributed by atoms with Crippen LogP contribution in [0.5, 0.6) is 5.75 Å². The topological polar surface area (TPSA) is 53.4 Å². The van der Waals surface area contributed by atoms with Crippen molar-refractivity contribution in [1.29, 1.82) is 0 Å². The van der Waals surface area contributed by atoms with Crippen LogP contribution < -0.4 is 4.74 Å². The van der Waals surface area contributed by atoms with Gasteiger partial charge in [-0.3, -0.25) is 4.57 Å². The van der Waals surface area contributed by atoms with Crippen LogP contribution in [0, 0.1) is 0 Å². The van der Waals surface area contributed by atoms with Crippen LogP contribution >= 0.6 is 0 Å². The van der Waals surface area contributed by atoms with Gasteiger partial charge in [-0.1, -0.05) is 48.5 Å². The van der Waals surface area contributed by atoms with Crippen LogP contribution in [0.25, 0.3) is 16.9 Å². The monoisotopic (exact) mass is 398 g/mol. The predicted molar refractivity (Wildman–Crippen MR) is 116 cm³/mol. The van der Waals surface area contributed by atoms with Crippen molar-refractivity contribution in [3.05, 3.63) is 103 Å². The molecule has 0 aliphatic rings. The van der Waals surface area contributed by atoms with Crippen molar-refractivity contribution in [2.24, 2.45) is 0 Å². The molecule has 0 radical (unpaired) electrons. The van der Waals surface area contributed by atoms with Gasteiger partial charge in [0.25, 0.3) is 0 Å². The van der Waals surface area contributed by atoms with Crippen LogP contribution in [0.15, 0.2) is 91.4 Å². The van der Waals surface area contributed by atoms with Gasteiger partial charge in [0.2, 0.25) is 0 Å². The van der Waals surface area contributed by atoms with Gasteiger partial charge < -0.3 is 9.47 Å². The Kier molecular flexibility index (Phi) is 5.90. The maximum atomic E-state index is 12.1. The number of rotatable bonds is 7. The van der Waals surface area contributed by atoms with E-state index in [4.69, 9.17) is 9.47 Å². The number of carbonyl (C=O) groups is 1. The van der Waals surface area contributed by atoms with Crippen molar-refractivity contribution in [3.63, 3.8) is 0 Å². The molecule has 4 rings (SSSR count). The second kappa shape index (κ2) is 9.09. The summed E-state index contributed by atoms with van der Waals surface area (Å²) in [6, 6.07) is 25.2. The van der Waals surface area contributed by atoms with Crippen LogP contribution in [0.4, 0.5) is 0 Å². The van der Waals surface area contributed by atoms with Crippen molar-refractivity contribution >= 4 is 5.97 Å². The first-order valence-corrected chi connectivity index (χ1v) is 9.82. The molecule has 5 heteroatoms. The standard InChI is InChI=1S/C25H22N2O3/c1-2-29-25(28)20-11-8-12-21(15-20)27-18-26-16-23(27)22-13-6-7-14-24(22)30-17-19-9-4-3-5-10-19/h3-16,18H,2,17H2,1H3. The van der Waals surface area contributed by atoms with Crippen LogP contribution in [-0.2, 0) is 11.3 Å². The number of hydrogen-bond acceptors (Lipinski definition) is 4. The summed E-state index contributed by atoms with van der Waals surface area (Å²) in [4.78, 5) is 16.5. The number of carbonyl (C=O) groups excluding carboxylic acids is 1. The summed E-state index contributed by atoms with van der Waals surface area (Å²) < 4.78 is 13.2. The molecule has 0 saturated carbocycles. The molecule has 150 valence electrons. The molecular formula is C25H22N2O3. The molecule has 0 aliphatic carbocycles. The first-order chi connectivity index (χ1) is 14.8. The highest BCUT2D eigenvalue weighted by Crippen LogP contribution is 2.32. The Hall–Kier alpha value is -3.86. The number of imidazole rings is 1. The normalized spacial score (nSPS) is 10.6. The minimum atomic E-state index is -0.340. The third kappa shape index (κ3) is 4.25. The van der Waals surface area contributed by atoms with E-state index < -0.39 is 0 Å². The fraction of sp³-hybridized carbons (Fsp3) is 0.120. The number of esters is 1. The zero-order valence-electron chi connectivity index (χ0n) is 16.7. The second-order valence-electron chi connectivity index (χ2n) is 6.69. The molecule has 30 heavy (non-hydrogen) atoms. The summed E-state index contributed by atoms with van der Waals surface area (Å²) in [5.74, 6) is 0.428. The molecule has 0 unspecified atom stereocenters. The van der Waals surface area contributed by atoms with E-state index in [1.807, 2.05) is 71.3 Å². The smallest absolute Gasteiger partial charge is 0.338 e. The van der Waals surface area contributed by atoms with Crippen LogP contribution in [0.1, 0.15) is 22.8 Å². The molecule has 0 N–H and O–H groups in total. The molecule has 0 bridgehead atoms. The highest BCUT2D eigenvalue weighted by Gasteiger charge is 2.14. The van der Waals surface area contributed by atoms with Crippen molar-refractivity contribution in [3.8, 4) is 22.7 Å². The van der Waals surface area contributed by atoms with Gasteiger partial charge in [0.15, 0.2) is 0 Å². The molecule has 5 nitrogen and oxygen atoms in total. The average molecular weight is 398 g/mol. The fourth-order valence-electron chi connectivity index (χ4n) is 3.24. The van der Waals surface area contributed by atoms with Crippen molar-refractivity contribution in [2.75, 3.05) is 6.61 Å². The highest BCUT2D eigenvalue weighted by molar-refractivity contribution is 5.90. The number of benzene rings is 3. The van der Waals surface area contributed by atoms with Gasteiger partial charge in [0.05, 0.1) is 30.4 Å². The highest BCUT2D eigenvalue weighted by atomic mass is 16.5. The van der Waals surface area contributed by atoms with Gasteiger partial charge in [-0.25, -0.2) is 9.78 Å². The Balaban J connectivity index is 1.66. The Morgan fingerprint density at radius 1 is 0.967 bits per heavy atom. The predicted octanol–water partition coefficient (Wildman–Crippen LogP) is 5.30. The minimum Gasteiger partial charge on any atom is -0.488 e. The zero-order valence-corrected chi connectivity index (χ0v) is 16.7. The summed E-state index contributed by atoms with van der Waals surface area (Å²) >= 11 is 0. The minimum absolute atomic E-state index is 0.339. The Morgan fingerprint density at radius 2 is 1.77 bits per heavy atom. The van der Waals surface area contributed by atoms with E-state index in [2.05, 4.69) is 4.98 Å². The van der Waals surface area contributed by atoms with Crippen LogP contribution in [-0.4, -0.2) is 22.1 Å². The number of nitrogens with zero attached hydrogens (tertiary/aromatic N) is 2.